The van der Waals surface area contributed by atoms with Crippen LogP contribution in [0.1, 0.15) is 5.69 Å². The van der Waals surface area contributed by atoms with Crippen molar-refractivity contribution in [3.8, 4) is 11.4 Å². The van der Waals surface area contributed by atoms with Crippen molar-refractivity contribution in [2.24, 2.45) is 0 Å². The number of aromatic nitrogens is 4. The number of halogens is 3. The average molecular weight is 471 g/mol. The zero-order valence-electron chi connectivity index (χ0n) is 16.9. The molecule has 5 rings (SSSR count). The molecule has 0 aliphatic carbocycles. The van der Waals surface area contributed by atoms with Gasteiger partial charge in [0.25, 0.3) is 0 Å². The Kier molecular flexibility index (Phi) is 5.32. The van der Waals surface area contributed by atoms with E-state index in [2.05, 4.69) is 20.3 Å². The van der Waals surface area contributed by atoms with E-state index in [0.29, 0.717) is 52.1 Å². The Bertz CT molecular complexity index is 1310. The van der Waals surface area contributed by atoms with E-state index in [1.54, 1.807) is 47.6 Å². The molecule has 162 valence electrons. The molecule has 0 fully saturated rings. The van der Waals surface area contributed by atoms with Gasteiger partial charge in [-0.1, -0.05) is 23.2 Å². The Balaban J connectivity index is 1.44. The second-order valence-electron chi connectivity index (χ2n) is 7.19. The molecular formula is C22H17Cl2FN6O. The Hall–Kier alpha value is -3.36. The molecule has 10 heteroatoms. The normalized spacial score (nSPS) is 12.9. The minimum absolute atomic E-state index is 0.301. The van der Waals surface area contributed by atoms with Gasteiger partial charge in [-0.05, 0) is 43.3 Å². The molecule has 3 heterocycles. The number of benzene rings is 2. The van der Waals surface area contributed by atoms with Gasteiger partial charge in [-0.2, -0.15) is 4.98 Å². The van der Waals surface area contributed by atoms with Crippen molar-refractivity contribution in [1.29, 1.82) is 0 Å². The Morgan fingerprint density at radius 2 is 1.94 bits per heavy atom. The van der Waals surface area contributed by atoms with Crippen molar-refractivity contribution in [3.63, 3.8) is 0 Å². The predicted octanol–water partition coefficient (Wildman–Crippen LogP) is 5.69. The van der Waals surface area contributed by atoms with Crippen molar-refractivity contribution in [2.75, 3.05) is 23.4 Å². The molecule has 7 nitrogen and oxygen atoms in total. The molecular weight excluding hydrogens is 454 g/mol. The van der Waals surface area contributed by atoms with E-state index in [-0.39, 0.29) is 0 Å². The average Bonchev–Trinajstić information content (AvgIpc) is 3.19. The molecule has 0 atom stereocenters. The molecule has 0 spiro atoms. The molecule has 2 aromatic carbocycles. The van der Waals surface area contributed by atoms with Gasteiger partial charge in [0.2, 0.25) is 5.95 Å². The van der Waals surface area contributed by atoms with Gasteiger partial charge in [0.1, 0.15) is 12.4 Å². The van der Waals surface area contributed by atoms with E-state index in [1.807, 2.05) is 17.9 Å². The van der Waals surface area contributed by atoms with Crippen LogP contribution >= 0.6 is 23.2 Å². The SMILES string of the molecule is Cc1cn(-c2ccc(Nc3ncc4c(n3)N(c3ccc(Cl)cc3Cl)CCO4)cc2F)cn1. The van der Waals surface area contributed by atoms with Crippen LogP contribution in [-0.2, 0) is 0 Å². The lowest BCUT2D eigenvalue weighted by Crippen LogP contribution is -2.30. The van der Waals surface area contributed by atoms with Crippen LogP contribution in [0, 0.1) is 12.7 Å². The number of anilines is 4. The molecule has 1 aliphatic rings. The molecule has 0 saturated carbocycles. The van der Waals surface area contributed by atoms with Crippen molar-refractivity contribution in [2.45, 2.75) is 6.92 Å². The van der Waals surface area contributed by atoms with Gasteiger partial charge in [0.15, 0.2) is 11.6 Å². The summed E-state index contributed by atoms with van der Waals surface area (Å²) in [6.45, 7) is 2.86. The first-order valence-electron chi connectivity index (χ1n) is 9.78. The first kappa shape index (κ1) is 20.5. The van der Waals surface area contributed by atoms with Crippen LogP contribution < -0.4 is 15.0 Å². The first-order chi connectivity index (χ1) is 15.5. The van der Waals surface area contributed by atoms with Crippen molar-refractivity contribution >= 4 is 46.3 Å². The third kappa shape index (κ3) is 3.94. The van der Waals surface area contributed by atoms with E-state index in [0.717, 1.165) is 11.4 Å². The van der Waals surface area contributed by atoms with Gasteiger partial charge in [-0.25, -0.2) is 14.4 Å². The highest BCUT2D eigenvalue weighted by Crippen LogP contribution is 2.39. The molecule has 2 aromatic heterocycles. The third-order valence-electron chi connectivity index (χ3n) is 4.96. The summed E-state index contributed by atoms with van der Waals surface area (Å²) in [5.41, 5.74) is 2.48. The second kappa shape index (κ2) is 8.29. The number of imidazole rings is 1. The number of ether oxygens (including phenoxy) is 1. The van der Waals surface area contributed by atoms with Crippen LogP contribution in [-0.4, -0.2) is 32.7 Å². The molecule has 1 aliphatic heterocycles. The minimum atomic E-state index is -0.400. The van der Waals surface area contributed by atoms with E-state index >= 15 is 0 Å². The van der Waals surface area contributed by atoms with Gasteiger partial charge in [-0.15, -0.1) is 0 Å². The number of hydrogen-bond acceptors (Lipinski definition) is 6. The standard InChI is InChI=1S/C22H17Cl2FN6O/c1-13-11-30(12-27-13)19-5-3-15(9-17(19)25)28-22-26-10-20-21(29-22)31(6-7-32-20)18-4-2-14(23)8-16(18)24/h2-5,8-12H,6-7H2,1H3,(H,26,28,29). The largest absolute Gasteiger partial charge is 0.486 e. The van der Waals surface area contributed by atoms with E-state index in [9.17, 15) is 4.39 Å². The predicted molar refractivity (Wildman–Crippen MR) is 123 cm³/mol. The number of hydrogen-bond donors (Lipinski definition) is 1. The van der Waals surface area contributed by atoms with Gasteiger partial charge < -0.3 is 19.5 Å². The summed E-state index contributed by atoms with van der Waals surface area (Å²) < 4.78 is 22.0. The topological polar surface area (TPSA) is 68.1 Å². The van der Waals surface area contributed by atoms with Crippen molar-refractivity contribution in [1.82, 2.24) is 19.5 Å². The summed E-state index contributed by atoms with van der Waals surface area (Å²) >= 11 is 12.4. The van der Waals surface area contributed by atoms with Gasteiger partial charge in [-0.3, -0.25) is 0 Å². The first-order valence-corrected chi connectivity index (χ1v) is 10.5. The van der Waals surface area contributed by atoms with E-state index in [4.69, 9.17) is 27.9 Å². The maximum absolute atomic E-state index is 14.7. The van der Waals surface area contributed by atoms with Gasteiger partial charge in [0, 0.05) is 16.9 Å². The zero-order chi connectivity index (χ0) is 22.2. The lowest BCUT2D eigenvalue weighted by atomic mass is 10.2. The fourth-order valence-electron chi connectivity index (χ4n) is 3.48. The summed E-state index contributed by atoms with van der Waals surface area (Å²) in [6, 6.07) is 10.1. The summed E-state index contributed by atoms with van der Waals surface area (Å²) in [7, 11) is 0. The number of rotatable bonds is 4. The monoisotopic (exact) mass is 470 g/mol. The summed E-state index contributed by atoms with van der Waals surface area (Å²) in [5, 5.41) is 4.11. The zero-order valence-corrected chi connectivity index (χ0v) is 18.4. The summed E-state index contributed by atoms with van der Waals surface area (Å²) in [4.78, 5) is 15.0. The fourth-order valence-corrected chi connectivity index (χ4v) is 3.99. The van der Waals surface area contributed by atoms with Gasteiger partial charge in [0.05, 0.1) is 41.2 Å². The number of nitrogens with one attached hydrogen (secondary N) is 1. The Morgan fingerprint density at radius 3 is 2.69 bits per heavy atom. The Labute approximate surface area is 193 Å². The highest BCUT2D eigenvalue weighted by Gasteiger charge is 2.24. The van der Waals surface area contributed by atoms with Crippen LogP contribution in [0.4, 0.5) is 27.5 Å². The van der Waals surface area contributed by atoms with Gasteiger partial charge >= 0.3 is 0 Å². The van der Waals surface area contributed by atoms with E-state index < -0.39 is 5.82 Å². The lowest BCUT2D eigenvalue weighted by molar-refractivity contribution is 0.310. The van der Waals surface area contributed by atoms with Crippen LogP contribution in [0.3, 0.4) is 0 Å². The molecule has 0 saturated heterocycles. The molecule has 0 unspecified atom stereocenters. The fraction of sp³-hybridized carbons (Fsp3) is 0.136. The van der Waals surface area contributed by atoms with Crippen LogP contribution in [0.25, 0.3) is 5.69 Å². The minimum Gasteiger partial charge on any atom is -0.486 e. The quantitative estimate of drug-likeness (QED) is 0.413. The highest BCUT2D eigenvalue weighted by molar-refractivity contribution is 6.36. The lowest BCUT2D eigenvalue weighted by Gasteiger charge is -2.30. The number of nitrogens with zero attached hydrogens (tertiary/aromatic N) is 5. The second-order valence-corrected chi connectivity index (χ2v) is 8.03. The summed E-state index contributed by atoms with van der Waals surface area (Å²) in [5.74, 6) is 0.993. The maximum Gasteiger partial charge on any atom is 0.229 e. The maximum atomic E-state index is 14.7. The van der Waals surface area contributed by atoms with Crippen molar-refractivity contribution < 1.29 is 9.13 Å². The van der Waals surface area contributed by atoms with Crippen molar-refractivity contribution in [3.05, 3.63) is 76.7 Å². The molecule has 4 aromatic rings. The number of aryl methyl sites for hydroxylation is 1. The summed E-state index contributed by atoms with van der Waals surface area (Å²) in [6.07, 6.45) is 4.91. The van der Waals surface area contributed by atoms with E-state index in [1.165, 1.54) is 6.07 Å². The smallest absolute Gasteiger partial charge is 0.229 e. The molecule has 0 radical (unpaired) electrons. The third-order valence-corrected chi connectivity index (χ3v) is 5.50. The van der Waals surface area contributed by atoms with Crippen LogP contribution in [0.15, 0.2) is 55.1 Å². The Morgan fingerprint density at radius 1 is 1.09 bits per heavy atom. The highest BCUT2D eigenvalue weighted by atomic mass is 35.5. The molecule has 32 heavy (non-hydrogen) atoms. The molecule has 0 bridgehead atoms. The van der Waals surface area contributed by atoms with Crippen LogP contribution in [0.5, 0.6) is 5.75 Å². The molecule has 0 amide bonds. The number of fused-ring (bicyclic) bond motifs is 1. The molecule has 1 N–H and O–H groups in total. The van der Waals surface area contributed by atoms with Crippen LogP contribution in [0.2, 0.25) is 10.0 Å².